The first-order valence-electron chi connectivity index (χ1n) is 7.50. The van der Waals surface area contributed by atoms with E-state index in [9.17, 15) is 0 Å². The van der Waals surface area contributed by atoms with E-state index in [-0.39, 0.29) is 0 Å². The van der Waals surface area contributed by atoms with Gasteiger partial charge in [-0.05, 0) is 36.4 Å². The van der Waals surface area contributed by atoms with Crippen molar-refractivity contribution in [2.24, 2.45) is 0 Å². The molecule has 0 aliphatic heterocycles. The van der Waals surface area contributed by atoms with E-state index in [2.05, 4.69) is 31.1 Å². The highest BCUT2D eigenvalue weighted by atomic mass is 79.9. The van der Waals surface area contributed by atoms with Crippen LogP contribution >= 0.6 is 27.7 Å². The minimum Gasteiger partial charge on any atom is -0.444 e. The molecular weight excluding hydrogens is 402 g/mol. The maximum Gasteiger partial charge on any atom is 0.277 e. The van der Waals surface area contributed by atoms with Crippen LogP contribution in [0.5, 0.6) is 0 Å². The van der Waals surface area contributed by atoms with Crippen LogP contribution in [0.3, 0.4) is 0 Å². The molecule has 0 spiro atoms. The second kappa shape index (κ2) is 7.25. The van der Waals surface area contributed by atoms with E-state index in [1.54, 1.807) is 6.26 Å². The molecule has 0 unspecified atom stereocenters. The Morgan fingerprint density at radius 3 is 2.44 bits per heavy atom. The summed E-state index contributed by atoms with van der Waals surface area (Å²) in [5.41, 5.74) is 2.66. The lowest BCUT2D eigenvalue weighted by molar-refractivity contribution is 0.466. The molecule has 2 heterocycles. The van der Waals surface area contributed by atoms with Crippen LogP contribution in [0, 0.1) is 0 Å². The predicted octanol–water partition coefficient (Wildman–Crippen LogP) is 5.45. The molecule has 124 valence electrons. The van der Waals surface area contributed by atoms with Crippen LogP contribution in [0.4, 0.5) is 0 Å². The van der Waals surface area contributed by atoms with Crippen molar-refractivity contribution < 1.29 is 8.83 Å². The molecule has 0 aliphatic rings. The van der Waals surface area contributed by atoms with Crippen molar-refractivity contribution in [1.29, 1.82) is 0 Å². The largest absolute Gasteiger partial charge is 0.444 e. The molecule has 4 aromatic rings. The molecule has 7 heteroatoms. The first-order valence-corrected chi connectivity index (χ1v) is 9.28. The maximum absolute atomic E-state index is 5.69. The number of halogens is 1. The summed E-state index contributed by atoms with van der Waals surface area (Å²) in [6.07, 6.45) is 1.65. The van der Waals surface area contributed by atoms with Gasteiger partial charge < -0.3 is 8.83 Å². The predicted molar refractivity (Wildman–Crippen MR) is 98.9 cm³/mol. The van der Waals surface area contributed by atoms with Crippen LogP contribution in [0.25, 0.3) is 22.9 Å². The minimum absolute atomic E-state index is 0.500. The van der Waals surface area contributed by atoms with Gasteiger partial charge in [0.1, 0.15) is 6.26 Å². The zero-order valence-corrected chi connectivity index (χ0v) is 15.3. The van der Waals surface area contributed by atoms with E-state index in [4.69, 9.17) is 8.83 Å². The zero-order valence-electron chi connectivity index (χ0n) is 12.9. The van der Waals surface area contributed by atoms with E-state index >= 15 is 0 Å². The number of nitrogens with zero attached hydrogens (tertiary/aromatic N) is 3. The molecule has 2 aromatic carbocycles. The molecule has 0 bridgehead atoms. The van der Waals surface area contributed by atoms with Crippen molar-refractivity contribution in [3.63, 3.8) is 0 Å². The van der Waals surface area contributed by atoms with Gasteiger partial charge in [0.05, 0.1) is 5.69 Å². The number of benzene rings is 2. The average Bonchev–Trinajstić information content (AvgIpc) is 3.31. The lowest BCUT2D eigenvalue weighted by atomic mass is 10.2. The van der Waals surface area contributed by atoms with Crippen molar-refractivity contribution in [3.8, 4) is 22.9 Å². The number of oxazole rings is 1. The summed E-state index contributed by atoms with van der Waals surface area (Å²) in [5, 5.41) is 8.66. The third kappa shape index (κ3) is 3.83. The fourth-order valence-corrected chi connectivity index (χ4v) is 3.10. The molecule has 0 amide bonds. The van der Waals surface area contributed by atoms with Gasteiger partial charge in [0.25, 0.3) is 5.22 Å². The van der Waals surface area contributed by atoms with Gasteiger partial charge in [-0.15, -0.1) is 10.2 Å². The normalized spacial score (nSPS) is 10.9. The van der Waals surface area contributed by atoms with Crippen LogP contribution in [0.1, 0.15) is 5.69 Å². The van der Waals surface area contributed by atoms with Gasteiger partial charge in [-0.3, -0.25) is 0 Å². The van der Waals surface area contributed by atoms with Crippen LogP contribution in [-0.4, -0.2) is 15.2 Å². The summed E-state index contributed by atoms with van der Waals surface area (Å²) in [5.74, 6) is 1.70. The number of hydrogen-bond acceptors (Lipinski definition) is 6. The van der Waals surface area contributed by atoms with Gasteiger partial charge in [0.2, 0.25) is 11.8 Å². The van der Waals surface area contributed by atoms with E-state index in [1.165, 1.54) is 11.8 Å². The fourth-order valence-electron chi connectivity index (χ4n) is 2.20. The van der Waals surface area contributed by atoms with Crippen molar-refractivity contribution in [1.82, 2.24) is 15.2 Å². The zero-order chi connectivity index (χ0) is 17.1. The first-order chi connectivity index (χ1) is 12.3. The first kappa shape index (κ1) is 16.1. The van der Waals surface area contributed by atoms with E-state index in [1.807, 2.05) is 54.6 Å². The molecule has 2 aromatic heterocycles. The summed E-state index contributed by atoms with van der Waals surface area (Å²) in [4.78, 5) is 4.49. The highest BCUT2D eigenvalue weighted by molar-refractivity contribution is 9.10. The Balaban J connectivity index is 1.42. The van der Waals surface area contributed by atoms with E-state index < -0.39 is 0 Å². The molecule has 0 radical (unpaired) electrons. The van der Waals surface area contributed by atoms with Gasteiger partial charge in [-0.25, -0.2) is 4.98 Å². The summed E-state index contributed by atoms with van der Waals surface area (Å²) in [6.45, 7) is 0. The number of rotatable bonds is 5. The highest BCUT2D eigenvalue weighted by Crippen LogP contribution is 2.27. The Morgan fingerprint density at radius 2 is 1.64 bits per heavy atom. The molecule has 0 atom stereocenters. The Hall–Kier alpha value is -2.38. The smallest absolute Gasteiger partial charge is 0.277 e. The minimum atomic E-state index is 0.500. The van der Waals surface area contributed by atoms with Crippen molar-refractivity contribution in [2.75, 3.05) is 0 Å². The molecule has 25 heavy (non-hydrogen) atoms. The molecule has 0 saturated carbocycles. The van der Waals surface area contributed by atoms with Crippen LogP contribution in [0.2, 0.25) is 0 Å². The molecule has 0 saturated heterocycles. The molecule has 4 rings (SSSR count). The quantitative estimate of drug-likeness (QED) is 0.405. The van der Waals surface area contributed by atoms with Crippen LogP contribution < -0.4 is 0 Å². The lowest BCUT2D eigenvalue weighted by Gasteiger charge is -1.94. The van der Waals surface area contributed by atoms with E-state index in [0.29, 0.717) is 22.8 Å². The summed E-state index contributed by atoms with van der Waals surface area (Å²) < 4.78 is 12.2. The van der Waals surface area contributed by atoms with Crippen LogP contribution in [-0.2, 0) is 5.75 Å². The highest BCUT2D eigenvalue weighted by Gasteiger charge is 2.11. The fraction of sp³-hybridized carbons (Fsp3) is 0.0556. The number of thioether (sulfide) groups is 1. The Kier molecular flexibility index (Phi) is 4.67. The summed E-state index contributed by atoms with van der Waals surface area (Å²) >= 11 is 4.83. The van der Waals surface area contributed by atoms with Gasteiger partial charge in [-0.2, -0.15) is 0 Å². The standard InChI is InChI=1S/C18H12BrN3O2S/c19-14-8-6-13(7-9-14)17-21-22-18(24-17)25-11-15-10-23-16(20-15)12-4-2-1-3-5-12/h1-10H,11H2. The molecule has 0 aliphatic carbocycles. The number of aromatic nitrogens is 3. The second-order valence-electron chi connectivity index (χ2n) is 5.18. The Labute approximate surface area is 156 Å². The molecule has 0 fully saturated rings. The molecule has 5 nitrogen and oxygen atoms in total. The molecular formula is C18H12BrN3O2S. The maximum atomic E-state index is 5.69. The average molecular weight is 414 g/mol. The SMILES string of the molecule is Brc1ccc(-c2nnc(SCc3coc(-c4ccccc4)n3)o2)cc1. The van der Waals surface area contributed by atoms with Gasteiger partial charge >= 0.3 is 0 Å². The van der Waals surface area contributed by atoms with Gasteiger partial charge in [0.15, 0.2) is 0 Å². The Bertz CT molecular complexity index is 967. The Morgan fingerprint density at radius 1 is 0.880 bits per heavy atom. The van der Waals surface area contributed by atoms with E-state index in [0.717, 1.165) is 21.3 Å². The lowest BCUT2D eigenvalue weighted by Crippen LogP contribution is -1.82. The third-order valence-electron chi connectivity index (χ3n) is 3.41. The van der Waals surface area contributed by atoms with Gasteiger partial charge in [-0.1, -0.05) is 45.9 Å². The van der Waals surface area contributed by atoms with Gasteiger partial charge in [0, 0.05) is 21.4 Å². The monoisotopic (exact) mass is 413 g/mol. The topological polar surface area (TPSA) is 65.0 Å². The van der Waals surface area contributed by atoms with Crippen molar-refractivity contribution in [3.05, 3.63) is 71.0 Å². The summed E-state index contributed by atoms with van der Waals surface area (Å²) in [6, 6.07) is 17.5. The second-order valence-corrected chi connectivity index (χ2v) is 7.02. The summed E-state index contributed by atoms with van der Waals surface area (Å²) in [7, 11) is 0. The third-order valence-corrected chi connectivity index (χ3v) is 4.79. The van der Waals surface area contributed by atoms with Crippen molar-refractivity contribution >= 4 is 27.7 Å². The van der Waals surface area contributed by atoms with Crippen LogP contribution in [0.15, 0.2) is 79.4 Å². The number of hydrogen-bond donors (Lipinski definition) is 0. The van der Waals surface area contributed by atoms with Crippen molar-refractivity contribution in [2.45, 2.75) is 11.0 Å². The molecule has 0 N–H and O–H groups in total.